The van der Waals surface area contributed by atoms with E-state index in [2.05, 4.69) is 15.7 Å². The molecule has 0 bridgehead atoms. The number of aromatic nitrogens is 2. The standard InChI is InChI=1S/C12H15ClN4OS/c1-7-6-11(17(3)16-7)15-12(18)14-8(2)9-4-5-10(13)19-9/h4-6,8H,1-3H3,(H2,14,15,18). The number of thiophene rings is 1. The first kappa shape index (κ1) is 13.9. The van der Waals surface area contributed by atoms with Crippen molar-refractivity contribution in [3.63, 3.8) is 0 Å². The van der Waals surface area contributed by atoms with Crippen molar-refractivity contribution in [3.05, 3.63) is 33.1 Å². The Bertz CT molecular complexity index is 592. The normalized spacial score (nSPS) is 12.2. The lowest BCUT2D eigenvalue weighted by molar-refractivity contribution is 0.249. The van der Waals surface area contributed by atoms with Gasteiger partial charge in [0.1, 0.15) is 5.82 Å². The van der Waals surface area contributed by atoms with Gasteiger partial charge in [0.2, 0.25) is 0 Å². The van der Waals surface area contributed by atoms with E-state index in [0.29, 0.717) is 10.2 Å². The van der Waals surface area contributed by atoms with E-state index in [1.807, 2.05) is 32.0 Å². The van der Waals surface area contributed by atoms with Crippen LogP contribution < -0.4 is 10.6 Å². The van der Waals surface area contributed by atoms with E-state index >= 15 is 0 Å². The third kappa shape index (κ3) is 3.48. The van der Waals surface area contributed by atoms with Gasteiger partial charge in [-0.05, 0) is 26.0 Å². The lowest BCUT2D eigenvalue weighted by atomic mass is 10.3. The Morgan fingerprint density at radius 2 is 2.26 bits per heavy atom. The van der Waals surface area contributed by atoms with Gasteiger partial charge in [0.05, 0.1) is 16.1 Å². The van der Waals surface area contributed by atoms with E-state index < -0.39 is 0 Å². The van der Waals surface area contributed by atoms with E-state index in [9.17, 15) is 4.79 Å². The highest BCUT2D eigenvalue weighted by Crippen LogP contribution is 2.26. The topological polar surface area (TPSA) is 59.0 Å². The fourth-order valence-corrected chi connectivity index (χ4v) is 2.77. The van der Waals surface area contributed by atoms with Crippen LogP contribution in [0.3, 0.4) is 0 Å². The first-order valence-corrected chi connectivity index (χ1v) is 6.98. The summed E-state index contributed by atoms with van der Waals surface area (Å²) in [6.07, 6.45) is 0. The molecule has 1 atom stereocenters. The second kappa shape index (κ2) is 5.63. The molecule has 0 aliphatic rings. The van der Waals surface area contributed by atoms with Crippen molar-refractivity contribution in [2.75, 3.05) is 5.32 Å². The number of aryl methyl sites for hydroxylation is 2. The van der Waals surface area contributed by atoms with Crippen LogP contribution in [0.2, 0.25) is 4.34 Å². The van der Waals surface area contributed by atoms with Gasteiger partial charge in [0.15, 0.2) is 0 Å². The van der Waals surface area contributed by atoms with Crippen molar-refractivity contribution in [1.82, 2.24) is 15.1 Å². The minimum Gasteiger partial charge on any atom is -0.330 e. The van der Waals surface area contributed by atoms with E-state index in [0.717, 1.165) is 10.6 Å². The number of amides is 2. The van der Waals surface area contributed by atoms with Gasteiger partial charge in [0.25, 0.3) is 0 Å². The van der Waals surface area contributed by atoms with Crippen LogP contribution in [-0.2, 0) is 7.05 Å². The van der Waals surface area contributed by atoms with Gasteiger partial charge >= 0.3 is 6.03 Å². The summed E-state index contributed by atoms with van der Waals surface area (Å²) >= 11 is 7.33. The van der Waals surface area contributed by atoms with Crippen LogP contribution in [0, 0.1) is 6.92 Å². The highest BCUT2D eigenvalue weighted by Gasteiger charge is 2.13. The molecule has 1 unspecified atom stereocenters. The number of halogens is 1. The molecule has 0 aliphatic heterocycles. The zero-order chi connectivity index (χ0) is 14.0. The van der Waals surface area contributed by atoms with E-state index in [4.69, 9.17) is 11.6 Å². The second-order valence-electron chi connectivity index (χ2n) is 4.26. The van der Waals surface area contributed by atoms with Crippen LogP contribution in [0.25, 0.3) is 0 Å². The third-order valence-electron chi connectivity index (χ3n) is 2.61. The number of urea groups is 1. The number of carbonyl (C=O) groups is 1. The first-order chi connectivity index (χ1) is 8.95. The van der Waals surface area contributed by atoms with E-state index in [1.54, 1.807) is 11.7 Å². The van der Waals surface area contributed by atoms with Crippen molar-refractivity contribution in [2.24, 2.45) is 7.05 Å². The van der Waals surface area contributed by atoms with Crippen molar-refractivity contribution < 1.29 is 4.79 Å². The molecule has 2 rings (SSSR count). The number of hydrogen-bond acceptors (Lipinski definition) is 3. The highest BCUT2D eigenvalue weighted by atomic mass is 35.5. The molecule has 5 nitrogen and oxygen atoms in total. The molecule has 102 valence electrons. The molecule has 2 heterocycles. The van der Waals surface area contributed by atoms with E-state index in [1.165, 1.54) is 11.3 Å². The van der Waals surface area contributed by atoms with Gasteiger partial charge in [-0.25, -0.2) is 4.79 Å². The Kier molecular flexibility index (Phi) is 4.11. The first-order valence-electron chi connectivity index (χ1n) is 5.79. The summed E-state index contributed by atoms with van der Waals surface area (Å²) in [5.41, 5.74) is 0.857. The van der Waals surface area contributed by atoms with Crippen LogP contribution >= 0.6 is 22.9 Å². The molecule has 7 heteroatoms. The van der Waals surface area contributed by atoms with Crippen molar-refractivity contribution >= 4 is 34.8 Å². The molecular weight excluding hydrogens is 284 g/mol. The molecule has 0 fully saturated rings. The lowest BCUT2D eigenvalue weighted by Gasteiger charge is -2.13. The lowest BCUT2D eigenvalue weighted by Crippen LogP contribution is -2.31. The molecule has 2 aromatic rings. The maximum atomic E-state index is 11.9. The maximum absolute atomic E-state index is 11.9. The number of hydrogen-bond donors (Lipinski definition) is 2. The fourth-order valence-electron chi connectivity index (χ4n) is 1.71. The smallest absolute Gasteiger partial charge is 0.320 e. The van der Waals surface area contributed by atoms with Crippen LogP contribution in [0.1, 0.15) is 23.5 Å². The molecular formula is C12H15ClN4OS. The van der Waals surface area contributed by atoms with Crippen molar-refractivity contribution in [2.45, 2.75) is 19.9 Å². The molecule has 19 heavy (non-hydrogen) atoms. The average molecular weight is 299 g/mol. The van der Waals surface area contributed by atoms with Crippen LogP contribution in [0.5, 0.6) is 0 Å². The fraction of sp³-hybridized carbons (Fsp3) is 0.333. The predicted octanol–water partition coefficient (Wildman–Crippen LogP) is 3.33. The monoisotopic (exact) mass is 298 g/mol. The zero-order valence-electron chi connectivity index (χ0n) is 10.9. The van der Waals surface area contributed by atoms with Crippen molar-refractivity contribution in [1.29, 1.82) is 0 Å². The number of nitrogens with one attached hydrogen (secondary N) is 2. The maximum Gasteiger partial charge on any atom is 0.320 e. The van der Waals surface area contributed by atoms with Gasteiger partial charge < -0.3 is 5.32 Å². The summed E-state index contributed by atoms with van der Waals surface area (Å²) in [6, 6.07) is 5.19. The molecule has 0 radical (unpaired) electrons. The summed E-state index contributed by atoms with van der Waals surface area (Å²) in [5.74, 6) is 0.659. The summed E-state index contributed by atoms with van der Waals surface area (Å²) in [4.78, 5) is 12.9. The zero-order valence-corrected chi connectivity index (χ0v) is 12.5. The summed E-state index contributed by atoms with van der Waals surface area (Å²) in [5, 5.41) is 9.78. The van der Waals surface area contributed by atoms with Gasteiger partial charge in [-0.15, -0.1) is 11.3 Å². The number of carbonyl (C=O) groups excluding carboxylic acids is 1. The van der Waals surface area contributed by atoms with Gasteiger partial charge in [-0.3, -0.25) is 10.00 Å². The van der Waals surface area contributed by atoms with Crippen molar-refractivity contribution in [3.8, 4) is 0 Å². The second-order valence-corrected chi connectivity index (χ2v) is 6.00. The third-order valence-corrected chi connectivity index (χ3v) is 4.03. The number of nitrogens with zero attached hydrogens (tertiary/aromatic N) is 2. The number of rotatable bonds is 3. The Morgan fingerprint density at radius 1 is 1.53 bits per heavy atom. The molecule has 0 aromatic carbocycles. The summed E-state index contributed by atoms with van der Waals surface area (Å²) < 4.78 is 2.34. The quantitative estimate of drug-likeness (QED) is 0.913. The SMILES string of the molecule is Cc1cc(NC(=O)NC(C)c2ccc(Cl)s2)n(C)n1. The summed E-state index contributed by atoms with van der Waals surface area (Å²) in [7, 11) is 1.78. The largest absolute Gasteiger partial charge is 0.330 e. The molecule has 2 aromatic heterocycles. The molecule has 2 N–H and O–H groups in total. The Hall–Kier alpha value is -1.53. The Labute approximate surface area is 120 Å². The van der Waals surface area contributed by atoms with Gasteiger partial charge in [-0.2, -0.15) is 5.10 Å². The van der Waals surface area contributed by atoms with Crippen LogP contribution in [0.15, 0.2) is 18.2 Å². The van der Waals surface area contributed by atoms with Crippen LogP contribution in [0.4, 0.5) is 10.6 Å². The minimum atomic E-state index is -0.264. The van der Waals surface area contributed by atoms with E-state index in [-0.39, 0.29) is 12.1 Å². The Morgan fingerprint density at radius 3 is 2.79 bits per heavy atom. The number of anilines is 1. The molecule has 2 amide bonds. The van der Waals surface area contributed by atoms with Crippen LogP contribution in [-0.4, -0.2) is 15.8 Å². The van der Waals surface area contributed by atoms with Gasteiger partial charge in [-0.1, -0.05) is 11.6 Å². The predicted molar refractivity (Wildman–Crippen MR) is 77.8 cm³/mol. The molecule has 0 saturated heterocycles. The minimum absolute atomic E-state index is 0.0909. The molecule has 0 spiro atoms. The molecule has 0 aliphatic carbocycles. The Balaban J connectivity index is 1.96. The van der Waals surface area contributed by atoms with Gasteiger partial charge in [0, 0.05) is 18.0 Å². The molecule has 0 saturated carbocycles. The average Bonchev–Trinajstić information content (AvgIpc) is 2.86. The highest BCUT2D eigenvalue weighted by molar-refractivity contribution is 7.16. The summed E-state index contributed by atoms with van der Waals surface area (Å²) in [6.45, 7) is 3.79.